The molecular weight excluding hydrogens is 756 g/mol. The smallest absolute Gasteiger partial charge is 0.200 e. The van der Waals surface area contributed by atoms with Gasteiger partial charge in [-0.15, -0.1) is 0 Å². The second-order valence-electron chi connectivity index (χ2n) is 10.1. The van der Waals surface area contributed by atoms with Crippen LogP contribution in [0, 0.1) is 116 Å². The number of hydrogen-bond donors (Lipinski definition) is 0. The van der Waals surface area contributed by atoms with Crippen LogP contribution in [0.5, 0.6) is 0 Å². The van der Waals surface area contributed by atoms with E-state index < -0.39 is 173 Å². The fourth-order valence-corrected chi connectivity index (χ4v) is 5.31. The Balaban J connectivity index is 2.27. The summed E-state index contributed by atoms with van der Waals surface area (Å²) in [6.45, 7) is 0. The lowest BCUT2D eigenvalue weighted by Gasteiger charge is -2.29. The minimum Gasteiger partial charge on any atom is -0.302 e. The number of hydrogen-bond acceptors (Lipinski definition) is 1. The first kappa shape index (κ1) is 36.9. The molecule has 1 atom stereocenters. The third-order valence-corrected chi connectivity index (χ3v) is 7.51. The molecule has 0 amide bonds. The molecule has 0 aromatic heterocycles. The van der Waals surface area contributed by atoms with Crippen molar-refractivity contribution in [2.24, 2.45) is 0 Å². The summed E-state index contributed by atoms with van der Waals surface area (Å²) in [6, 6.07) is 0. The van der Waals surface area contributed by atoms with Crippen LogP contribution >= 0.6 is 0 Å². The van der Waals surface area contributed by atoms with Gasteiger partial charge in [0.25, 0.3) is 0 Å². The van der Waals surface area contributed by atoms with Gasteiger partial charge in [-0.05, 0) is 11.1 Å². The van der Waals surface area contributed by atoms with Crippen LogP contribution in [0.15, 0.2) is 6.08 Å². The van der Waals surface area contributed by atoms with Gasteiger partial charge in [0.05, 0.1) is 22.3 Å². The summed E-state index contributed by atoms with van der Waals surface area (Å²) in [5.74, 6) is -64.1. The van der Waals surface area contributed by atoms with Crippen molar-refractivity contribution in [2.45, 2.75) is 5.41 Å². The predicted molar refractivity (Wildman–Crippen MR) is 127 cm³/mol. The van der Waals surface area contributed by atoms with Crippen LogP contribution in [0.25, 0.3) is 16.7 Å². The van der Waals surface area contributed by atoms with Crippen LogP contribution in [0.1, 0.15) is 22.3 Å². The molecule has 21 heteroatoms. The van der Waals surface area contributed by atoms with Crippen molar-refractivity contribution in [1.29, 1.82) is 0 Å². The Labute approximate surface area is 266 Å². The molecule has 0 saturated carbocycles. The number of halogens is 20. The Kier molecular flexibility index (Phi) is 8.79. The molecule has 0 bridgehead atoms. The fraction of sp³-hybridized carbons (Fsp3) is 0.0333. The molecule has 4 aromatic carbocycles. The van der Waals surface area contributed by atoms with E-state index in [1.807, 2.05) is 0 Å². The van der Waals surface area contributed by atoms with Crippen LogP contribution in [0.3, 0.4) is 0 Å². The van der Waals surface area contributed by atoms with E-state index in [0.717, 1.165) is 0 Å². The van der Waals surface area contributed by atoms with Gasteiger partial charge in [-0.1, -0.05) is 6.08 Å². The van der Waals surface area contributed by atoms with Crippen LogP contribution in [0.4, 0.5) is 87.8 Å². The standard InChI is InChI=1S/C30H2F20O/c31-10-5(11(32)19(40)26(47)18(10)39)3-1-30(2-51,9-16(37)24(45)29(50)25(46)17(9)38)8(7-14(35)22(43)28(49)23(44)15(7)36)4(3)6-12(33)20(41)27(48)21(42)13(6)34/h1-2H. The SMILES string of the molecule is O=CC1(c2c(F)c(F)c(F)c(F)c2F)C=C(c2c(F)c(F)c(F)c(F)c2F)C(c2c(F)c(F)c(F)c(F)c2F)=C1c1c(F)c(F)c(F)c(F)c1F. The summed E-state index contributed by atoms with van der Waals surface area (Å²) in [4.78, 5) is 12.8. The Morgan fingerprint density at radius 1 is 0.333 bits per heavy atom. The van der Waals surface area contributed by atoms with E-state index in [-0.39, 0.29) is 0 Å². The molecule has 1 aliphatic carbocycles. The first-order chi connectivity index (χ1) is 23.6. The third-order valence-electron chi connectivity index (χ3n) is 7.51. The van der Waals surface area contributed by atoms with Gasteiger partial charge in [0, 0.05) is 5.57 Å². The van der Waals surface area contributed by atoms with Gasteiger partial charge in [0.2, 0.25) is 23.3 Å². The second-order valence-corrected chi connectivity index (χ2v) is 10.1. The summed E-state index contributed by atoms with van der Waals surface area (Å²) >= 11 is 0. The molecule has 0 fully saturated rings. The number of rotatable bonds is 5. The number of aldehydes is 1. The van der Waals surface area contributed by atoms with Crippen molar-refractivity contribution in [2.75, 3.05) is 0 Å². The zero-order valence-corrected chi connectivity index (χ0v) is 23.1. The molecular formula is C30H2F20O. The van der Waals surface area contributed by atoms with E-state index in [9.17, 15) is 57.5 Å². The molecule has 51 heavy (non-hydrogen) atoms. The molecule has 0 saturated heterocycles. The van der Waals surface area contributed by atoms with Crippen molar-refractivity contribution in [1.82, 2.24) is 0 Å². The minimum absolute atomic E-state index is 0.808. The molecule has 0 spiro atoms. The monoisotopic (exact) mass is 758 g/mol. The van der Waals surface area contributed by atoms with Gasteiger partial charge in [0.1, 0.15) is 11.7 Å². The molecule has 0 heterocycles. The molecule has 1 unspecified atom stereocenters. The number of benzene rings is 4. The maximum absolute atomic E-state index is 15.5. The quantitative estimate of drug-likeness (QED) is 0.0859. The summed E-state index contributed by atoms with van der Waals surface area (Å²) in [5, 5.41) is 0. The molecule has 268 valence electrons. The van der Waals surface area contributed by atoms with Gasteiger partial charge >= 0.3 is 0 Å². The molecule has 5 rings (SSSR count). The highest BCUT2D eigenvalue weighted by atomic mass is 19.2. The number of carbonyl (C=O) groups excluding carboxylic acids is 1. The third kappa shape index (κ3) is 4.75. The van der Waals surface area contributed by atoms with Crippen molar-refractivity contribution >= 4 is 23.0 Å². The molecule has 0 N–H and O–H groups in total. The Morgan fingerprint density at radius 3 is 0.902 bits per heavy atom. The van der Waals surface area contributed by atoms with E-state index in [1.54, 1.807) is 0 Å². The Morgan fingerprint density at radius 2 is 0.588 bits per heavy atom. The van der Waals surface area contributed by atoms with Crippen molar-refractivity contribution in [3.63, 3.8) is 0 Å². The van der Waals surface area contributed by atoms with E-state index >= 15 is 35.1 Å². The Hall–Kier alpha value is -5.37. The fourth-order valence-electron chi connectivity index (χ4n) is 5.31. The average molecular weight is 758 g/mol. The summed E-state index contributed by atoms with van der Waals surface area (Å²) in [6.07, 6.45) is -2.12. The largest absolute Gasteiger partial charge is 0.302 e. The highest BCUT2D eigenvalue weighted by molar-refractivity contribution is 6.25. The van der Waals surface area contributed by atoms with Crippen molar-refractivity contribution < 1.29 is 92.6 Å². The highest BCUT2D eigenvalue weighted by Crippen LogP contribution is 2.58. The van der Waals surface area contributed by atoms with E-state index in [0.29, 0.717) is 0 Å². The lowest BCUT2D eigenvalue weighted by Crippen LogP contribution is -2.32. The minimum atomic E-state index is -4.69. The van der Waals surface area contributed by atoms with Crippen LogP contribution in [-0.2, 0) is 10.2 Å². The summed E-state index contributed by atoms with van der Waals surface area (Å²) in [5.41, 5.74) is -24.1. The second kappa shape index (κ2) is 12.1. The first-order valence-electron chi connectivity index (χ1n) is 12.6. The predicted octanol–water partition coefficient (Wildman–Crippen LogP) is 9.61. The topological polar surface area (TPSA) is 17.1 Å². The maximum Gasteiger partial charge on any atom is 0.200 e. The first-order valence-corrected chi connectivity index (χ1v) is 12.6. The van der Waals surface area contributed by atoms with Gasteiger partial charge in [0.15, 0.2) is 93.1 Å². The maximum atomic E-state index is 15.5. The molecule has 0 aliphatic heterocycles. The lowest BCUT2D eigenvalue weighted by molar-refractivity contribution is -0.109. The zero-order chi connectivity index (χ0) is 38.5. The van der Waals surface area contributed by atoms with Crippen molar-refractivity contribution in [3.8, 4) is 0 Å². The van der Waals surface area contributed by atoms with Gasteiger partial charge in [-0.25, -0.2) is 87.8 Å². The molecule has 1 aliphatic rings. The normalized spacial score (nSPS) is 16.0. The van der Waals surface area contributed by atoms with Crippen LogP contribution in [0.2, 0.25) is 0 Å². The van der Waals surface area contributed by atoms with Crippen LogP contribution < -0.4 is 0 Å². The number of carbonyl (C=O) groups is 1. The van der Waals surface area contributed by atoms with Crippen molar-refractivity contribution in [3.05, 3.63) is 145 Å². The lowest BCUT2D eigenvalue weighted by atomic mass is 9.72. The Bertz CT molecular complexity index is 2230. The number of allylic oxidation sites excluding steroid dienone is 4. The van der Waals surface area contributed by atoms with E-state index in [1.165, 1.54) is 0 Å². The molecule has 0 radical (unpaired) electrons. The zero-order valence-electron chi connectivity index (χ0n) is 23.1. The van der Waals surface area contributed by atoms with E-state index in [4.69, 9.17) is 0 Å². The summed E-state index contributed by atoms with van der Waals surface area (Å²) in [7, 11) is 0. The summed E-state index contributed by atoms with van der Waals surface area (Å²) < 4.78 is 295. The van der Waals surface area contributed by atoms with Crippen LogP contribution in [-0.4, -0.2) is 6.29 Å². The average Bonchev–Trinajstić information content (AvgIpc) is 3.42. The van der Waals surface area contributed by atoms with Gasteiger partial charge in [-0.2, -0.15) is 0 Å². The highest BCUT2D eigenvalue weighted by Gasteiger charge is 2.53. The van der Waals surface area contributed by atoms with Gasteiger partial charge in [-0.3, -0.25) is 0 Å². The van der Waals surface area contributed by atoms with E-state index in [2.05, 4.69) is 0 Å². The molecule has 4 aromatic rings. The molecule has 1 nitrogen and oxygen atoms in total. The van der Waals surface area contributed by atoms with Gasteiger partial charge < -0.3 is 4.79 Å².